The molecule has 0 amide bonds. The predicted molar refractivity (Wildman–Crippen MR) is 78.5 cm³/mol. The fraction of sp³-hybridized carbons (Fsp3) is 0.462. The van der Waals surface area contributed by atoms with Crippen molar-refractivity contribution in [3.63, 3.8) is 0 Å². The highest BCUT2D eigenvalue weighted by Gasteiger charge is 2.12. The van der Waals surface area contributed by atoms with Crippen LogP contribution in [0.15, 0.2) is 29.2 Å². The lowest BCUT2D eigenvalue weighted by molar-refractivity contribution is 0.594. The van der Waals surface area contributed by atoms with Crippen LogP contribution in [0.1, 0.15) is 31.7 Å². The maximum absolute atomic E-state index is 11.8. The number of hydrogen-bond donors (Lipinski definition) is 1. The first-order valence-electron chi connectivity index (χ1n) is 6.05. The summed E-state index contributed by atoms with van der Waals surface area (Å²) in [6.45, 7) is 1.86. The summed E-state index contributed by atoms with van der Waals surface area (Å²) in [5, 5.41) is 0. The van der Waals surface area contributed by atoms with Crippen molar-refractivity contribution in [2.24, 2.45) is 5.73 Å². The van der Waals surface area contributed by atoms with Crippen LogP contribution in [0.25, 0.3) is 0 Å². The summed E-state index contributed by atoms with van der Waals surface area (Å²) in [6, 6.07) is 7.09. The van der Waals surface area contributed by atoms with Crippen molar-refractivity contribution < 1.29 is 8.42 Å². The molecule has 1 rings (SSSR count). The van der Waals surface area contributed by atoms with Crippen molar-refractivity contribution in [1.82, 2.24) is 0 Å². The first-order valence-corrected chi connectivity index (χ1v) is 8.12. The zero-order chi connectivity index (χ0) is 13.6. The van der Waals surface area contributed by atoms with E-state index < -0.39 is 9.84 Å². The minimum atomic E-state index is -3.10. The van der Waals surface area contributed by atoms with Gasteiger partial charge in [0.2, 0.25) is 0 Å². The standard InChI is InChI=1S/C13H19NO2S2/c1-2-10-18(15,16)12-8-6-11(7-9-12)4-3-5-13(14)17/h6-9H,2-5,10H2,1H3,(H2,14,17). The molecule has 0 saturated carbocycles. The van der Waals surface area contributed by atoms with Crippen molar-refractivity contribution in [3.05, 3.63) is 29.8 Å². The first-order chi connectivity index (χ1) is 8.45. The molecular weight excluding hydrogens is 266 g/mol. The highest BCUT2D eigenvalue weighted by atomic mass is 32.2. The highest BCUT2D eigenvalue weighted by molar-refractivity contribution is 7.91. The molecule has 0 aliphatic carbocycles. The van der Waals surface area contributed by atoms with Crippen LogP contribution in [-0.2, 0) is 16.3 Å². The normalized spacial score (nSPS) is 11.4. The molecule has 100 valence electrons. The van der Waals surface area contributed by atoms with Crippen molar-refractivity contribution in [3.8, 4) is 0 Å². The molecule has 0 atom stereocenters. The molecule has 0 aromatic heterocycles. The van der Waals surface area contributed by atoms with E-state index in [1.54, 1.807) is 12.1 Å². The topological polar surface area (TPSA) is 60.2 Å². The van der Waals surface area contributed by atoms with E-state index in [0.717, 1.165) is 24.8 Å². The Labute approximate surface area is 114 Å². The average Bonchev–Trinajstić information content (AvgIpc) is 2.29. The van der Waals surface area contributed by atoms with Crippen LogP contribution >= 0.6 is 12.2 Å². The van der Waals surface area contributed by atoms with Gasteiger partial charge in [0.15, 0.2) is 9.84 Å². The number of benzene rings is 1. The monoisotopic (exact) mass is 285 g/mol. The Morgan fingerprint density at radius 1 is 1.28 bits per heavy atom. The second-order valence-corrected chi connectivity index (χ2v) is 6.92. The zero-order valence-corrected chi connectivity index (χ0v) is 12.2. The molecule has 2 N–H and O–H groups in total. The van der Waals surface area contributed by atoms with Crippen molar-refractivity contribution in [2.75, 3.05) is 5.75 Å². The molecule has 0 radical (unpaired) electrons. The summed E-state index contributed by atoms with van der Waals surface area (Å²) in [5.41, 5.74) is 6.54. The Bertz CT molecular complexity index is 492. The third kappa shape index (κ3) is 4.74. The maximum Gasteiger partial charge on any atom is 0.178 e. The molecule has 0 fully saturated rings. The first kappa shape index (κ1) is 15.1. The van der Waals surface area contributed by atoms with Gasteiger partial charge in [-0.15, -0.1) is 0 Å². The van der Waals surface area contributed by atoms with E-state index in [2.05, 4.69) is 0 Å². The van der Waals surface area contributed by atoms with Crippen LogP contribution in [0, 0.1) is 0 Å². The number of thiocarbonyl (C=S) groups is 1. The molecule has 1 aromatic rings. The van der Waals surface area contributed by atoms with Crippen LogP contribution < -0.4 is 5.73 Å². The van der Waals surface area contributed by atoms with Gasteiger partial charge in [-0.3, -0.25) is 0 Å². The minimum absolute atomic E-state index is 0.202. The lowest BCUT2D eigenvalue weighted by Gasteiger charge is -2.05. The average molecular weight is 285 g/mol. The molecular formula is C13H19NO2S2. The van der Waals surface area contributed by atoms with Gasteiger partial charge in [0.1, 0.15) is 0 Å². The minimum Gasteiger partial charge on any atom is -0.393 e. The summed E-state index contributed by atoms with van der Waals surface area (Å²) < 4.78 is 23.6. The van der Waals surface area contributed by atoms with Crippen molar-refractivity contribution in [2.45, 2.75) is 37.5 Å². The smallest absolute Gasteiger partial charge is 0.178 e. The molecule has 0 saturated heterocycles. The Balaban J connectivity index is 2.65. The highest BCUT2D eigenvalue weighted by Crippen LogP contribution is 2.14. The molecule has 0 unspecified atom stereocenters. The van der Waals surface area contributed by atoms with Gasteiger partial charge in [-0.05, 0) is 43.4 Å². The number of aryl methyl sites for hydroxylation is 1. The van der Waals surface area contributed by atoms with Gasteiger partial charge in [0, 0.05) is 0 Å². The summed E-state index contributed by atoms with van der Waals surface area (Å²) in [4.78, 5) is 0.930. The van der Waals surface area contributed by atoms with E-state index in [-0.39, 0.29) is 5.75 Å². The molecule has 0 aliphatic rings. The van der Waals surface area contributed by atoms with Crippen molar-refractivity contribution >= 4 is 27.0 Å². The number of nitrogens with two attached hydrogens (primary N) is 1. The third-order valence-electron chi connectivity index (χ3n) is 2.64. The molecule has 18 heavy (non-hydrogen) atoms. The van der Waals surface area contributed by atoms with Gasteiger partial charge in [0.25, 0.3) is 0 Å². The van der Waals surface area contributed by atoms with E-state index in [0.29, 0.717) is 16.3 Å². The maximum atomic E-state index is 11.8. The Morgan fingerprint density at radius 3 is 2.39 bits per heavy atom. The van der Waals surface area contributed by atoms with Crippen LogP contribution in [-0.4, -0.2) is 19.2 Å². The van der Waals surface area contributed by atoms with Gasteiger partial charge in [0.05, 0.1) is 15.6 Å². The zero-order valence-electron chi connectivity index (χ0n) is 10.6. The van der Waals surface area contributed by atoms with E-state index >= 15 is 0 Å². The van der Waals surface area contributed by atoms with E-state index in [9.17, 15) is 8.42 Å². The van der Waals surface area contributed by atoms with Crippen LogP contribution in [0.3, 0.4) is 0 Å². The van der Waals surface area contributed by atoms with Gasteiger partial charge in [-0.2, -0.15) is 0 Å². The largest absolute Gasteiger partial charge is 0.393 e. The fourth-order valence-electron chi connectivity index (χ4n) is 1.72. The number of hydrogen-bond acceptors (Lipinski definition) is 3. The second kappa shape index (κ2) is 6.85. The molecule has 0 heterocycles. The van der Waals surface area contributed by atoms with Gasteiger partial charge < -0.3 is 5.73 Å². The van der Waals surface area contributed by atoms with Crippen molar-refractivity contribution in [1.29, 1.82) is 0 Å². The van der Waals surface area contributed by atoms with E-state index in [1.807, 2.05) is 19.1 Å². The molecule has 1 aromatic carbocycles. The number of sulfone groups is 1. The second-order valence-electron chi connectivity index (χ2n) is 4.28. The summed E-state index contributed by atoms with van der Waals surface area (Å²) >= 11 is 4.81. The van der Waals surface area contributed by atoms with Gasteiger partial charge >= 0.3 is 0 Å². The molecule has 0 aliphatic heterocycles. The quantitative estimate of drug-likeness (QED) is 0.782. The molecule has 3 nitrogen and oxygen atoms in total. The van der Waals surface area contributed by atoms with E-state index in [4.69, 9.17) is 18.0 Å². The van der Waals surface area contributed by atoms with Crippen LogP contribution in [0.5, 0.6) is 0 Å². The Morgan fingerprint density at radius 2 is 1.89 bits per heavy atom. The van der Waals surface area contributed by atoms with Crippen LogP contribution in [0.2, 0.25) is 0 Å². The third-order valence-corrected chi connectivity index (χ3v) is 4.78. The summed E-state index contributed by atoms with van der Waals surface area (Å²) in [7, 11) is -3.10. The SMILES string of the molecule is CCCS(=O)(=O)c1ccc(CCCC(N)=S)cc1. The predicted octanol–water partition coefficient (Wildman–Crippen LogP) is 2.48. The molecule has 0 bridgehead atoms. The lowest BCUT2D eigenvalue weighted by atomic mass is 10.1. The van der Waals surface area contributed by atoms with E-state index in [1.165, 1.54) is 0 Å². The van der Waals surface area contributed by atoms with Crippen LogP contribution in [0.4, 0.5) is 0 Å². The lowest BCUT2D eigenvalue weighted by Crippen LogP contribution is -2.07. The number of rotatable bonds is 7. The molecule has 5 heteroatoms. The molecule has 0 spiro atoms. The Kier molecular flexibility index (Phi) is 5.75. The Hall–Kier alpha value is -0.940. The fourth-order valence-corrected chi connectivity index (χ4v) is 3.19. The van der Waals surface area contributed by atoms with Gasteiger partial charge in [-0.1, -0.05) is 31.3 Å². The van der Waals surface area contributed by atoms with Gasteiger partial charge in [-0.25, -0.2) is 8.42 Å². The summed E-state index contributed by atoms with van der Waals surface area (Å²) in [6.07, 6.45) is 3.13. The summed E-state index contributed by atoms with van der Waals surface area (Å²) in [5.74, 6) is 0.202.